The highest BCUT2D eigenvalue weighted by atomic mass is 127. The first kappa shape index (κ1) is 31.8. The van der Waals surface area contributed by atoms with Gasteiger partial charge in [-0.2, -0.15) is 8.42 Å². The van der Waals surface area contributed by atoms with Crippen LogP contribution >= 0.6 is 22.6 Å². The first-order chi connectivity index (χ1) is 17.4. The van der Waals surface area contributed by atoms with Crippen LogP contribution in [0.3, 0.4) is 0 Å². The number of ether oxygens (including phenoxy) is 3. The Balaban J connectivity index is 2.08. The van der Waals surface area contributed by atoms with Gasteiger partial charge in [0.05, 0.1) is 4.90 Å². The van der Waals surface area contributed by atoms with Gasteiger partial charge in [-0.1, -0.05) is 17.7 Å². The smallest absolute Gasteiger partial charge is 0.408 e. The van der Waals surface area contributed by atoms with Gasteiger partial charge in [0.1, 0.15) is 36.2 Å². The number of halogens is 1. The first-order valence-corrected chi connectivity index (χ1v) is 14.5. The summed E-state index contributed by atoms with van der Waals surface area (Å²) in [7, 11) is -3.90. The van der Waals surface area contributed by atoms with E-state index >= 15 is 0 Å². The number of rotatable bonds is 10. The van der Waals surface area contributed by atoms with Gasteiger partial charge in [0.15, 0.2) is 0 Å². The Morgan fingerprint density at radius 2 is 1.53 bits per heavy atom. The minimum absolute atomic E-state index is 0.0171. The lowest BCUT2D eigenvalue weighted by Gasteiger charge is -2.26. The summed E-state index contributed by atoms with van der Waals surface area (Å²) in [6.07, 6.45) is -0.607. The van der Waals surface area contributed by atoms with Crippen LogP contribution in [0.25, 0.3) is 0 Å². The molecule has 0 aliphatic rings. The molecule has 38 heavy (non-hydrogen) atoms. The molecule has 2 rings (SSSR count). The van der Waals surface area contributed by atoms with Crippen molar-refractivity contribution in [2.24, 2.45) is 0 Å². The predicted molar refractivity (Wildman–Crippen MR) is 152 cm³/mol. The van der Waals surface area contributed by atoms with E-state index in [1.807, 2.05) is 6.92 Å². The molecule has 1 amide bonds. The van der Waals surface area contributed by atoms with Crippen LogP contribution in [0.5, 0.6) is 5.75 Å². The Hall–Kier alpha value is -2.38. The van der Waals surface area contributed by atoms with Crippen molar-refractivity contribution in [2.45, 2.75) is 77.0 Å². The quantitative estimate of drug-likeness (QED) is 0.161. The topological polar surface area (TPSA) is 117 Å². The van der Waals surface area contributed by atoms with E-state index in [0.717, 1.165) is 14.7 Å². The van der Waals surface area contributed by atoms with Crippen molar-refractivity contribution in [1.82, 2.24) is 5.32 Å². The fourth-order valence-electron chi connectivity index (χ4n) is 3.11. The van der Waals surface area contributed by atoms with Crippen LogP contribution in [-0.4, -0.2) is 50.9 Å². The largest absolute Gasteiger partial charge is 0.491 e. The highest BCUT2D eigenvalue weighted by molar-refractivity contribution is 14.1. The third kappa shape index (κ3) is 11.2. The molecular formula is C27H36INO8S. The van der Waals surface area contributed by atoms with E-state index in [1.165, 1.54) is 12.1 Å². The maximum Gasteiger partial charge on any atom is 0.408 e. The number of carbonyl (C=O) groups excluding carboxylic acids is 2. The summed E-state index contributed by atoms with van der Waals surface area (Å²) in [5.41, 5.74) is 0.182. The second-order valence-corrected chi connectivity index (χ2v) is 13.4. The van der Waals surface area contributed by atoms with Crippen LogP contribution in [0, 0.1) is 10.5 Å². The van der Waals surface area contributed by atoms with Crippen molar-refractivity contribution in [3.05, 3.63) is 57.2 Å². The van der Waals surface area contributed by atoms with E-state index in [0.29, 0.717) is 5.75 Å². The van der Waals surface area contributed by atoms with Gasteiger partial charge < -0.3 is 19.5 Å². The van der Waals surface area contributed by atoms with E-state index in [9.17, 15) is 18.0 Å². The molecule has 0 saturated heterocycles. The van der Waals surface area contributed by atoms with Gasteiger partial charge in [-0.25, -0.2) is 9.59 Å². The standard InChI is InChI=1S/C27H36INO8S/c1-18-8-11-21(12-9-18)38(32,33)35-15-14-34-20-10-13-22(28)19(16-20)17-23(24(30)36-26(2,3)4)29-25(31)37-27(5,6)7/h8-13,16,23H,14-15,17H2,1-7H3,(H,29,31). The molecule has 0 aliphatic carbocycles. The number of amides is 1. The van der Waals surface area contributed by atoms with Crippen molar-refractivity contribution in [1.29, 1.82) is 0 Å². The number of aryl methyl sites for hydroxylation is 1. The number of hydrogen-bond acceptors (Lipinski definition) is 8. The van der Waals surface area contributed by atoms with E-state index in [-0.39, 0.29) is 24.5 Å². The first-order valence-electron chi connectivity index (χ1n) is 12.0. The molecule has 11 heteroatoms. The van der Waals surface area contributed by atoms with E-state index in [2.05, 4.69) is 27.9 Å². The molecule has 0 bridgehead atoms. The van der Waals surface area contributed by atoms with Gasteiger partial charge in [0, 0.05) is 9.99 Å². The Labute approximate surface area is 238 Å². The molecule has 1 atom stereocenters. The number of nitrogens with one attached hydrogen (secondary N) is 1. The van der Waals surface area contributed by atoms with Gasteiger partial charge in [-0.3, -0.25) is 4.18 Å². The van der Waals surface area contributed by atoms with Crippen molar-refractivity contribution >= 4 is 44.8 Å². The molecule has 1 N–H and O–H groups in total. The molecule has 1 unspecified atom stereocenters. The molecule has 0 aliphatic heterocycles. The Morgan fingerprint density at radius 3 is 2.11 bits per heavy atom. The molecule has 0 aromatic heterocycles. The molecule has 2 aromatic carbocycles. The predicted octanol–water partition coefficient (Wildman–Crippen LogP) is 5.16. The van der Waals surface area contributed by atoms with Crippen molar-refractivity contribution in [3.8, 4) is 5.75 Å². The van der Waals surface area contributed by atoms with Crippen LogP contribution in [0.15, 0.2) is 47.4 Å². The Bertz CT molecular complexity index is 1220. The van der Waals surface area contributed by atoms with Crippen molar-refractivity contribution in [2.75, 3.05) is 13.2 Å². The van der Waals surface area contributed by atoms with Gasteiger partial charge in [0.25, 0.3) is 10.1 Å². The third-order valence-corrected chi connectivity index (χ3v) is 7.10. The molecule has 2 aromatic rings. The molecular weight excluding hydrogens is 625 g/mol. The molecule has 0 fully saturated rings. The normalized spacial score (nSPS) is 12.9. The summed E-state index contributed by atoms with van der Waals surface area (Å²) in [4.78, 5) is 25.4. The van der Waals surface area contributed by atoms with Crippen LogP contribution in [0.4, 0.5) is 4.79 Å². The minimum Gasteiger partial charge on any atom is -0.491 e. The Morgan fingerprint density at radius 1 is 0.921 bits per heavy atom. The van der Waals surface area contributed by atoms with Crippen LogP contribution in [0.1, 0.15) is 52.7 Å². The fraction of sp³-hybridized carbons (Fsp3) is 0.481. The zero-order valence-corrected chi connectivity index (χ0v) is 25.8. The zero-order valence-electron chi connectivity index (χ0n) is 22.8. The summed E-state index contributed by atoms with van der Waals surface area (Å²) in [5, 5.41) is 2.61. The maximum absolute atomic E-state index is 12.9. The number of alkyl carbamates (subject to hydrolysis) is 1. The van der Waals surface area contributed by atoms with E-state index < -0.39 is 39.4 Å². The summed E-state index contributed by atoms with van der Waals surface area (Å²) >= 11 is 2.13. The molecule has 210 valence electrons. The monoisotopic (exact) mass is 661 g/mol. The molecule has 0 radical (unpaired) electrons. The minimum atomic E-state index is -3.90. The number of esters is 1. The van der Waals surface area contributed by atoms with Crippen molar-refractivity contribution < 1.29 is 36.4 Å². The lowest BCUT2D eigenvalue weighted by molar-refractivity contribution is -0.157. The summed E-state index contributed by atoms with van der Waals surface area (Å²) in [6.45, 7) is 12.1. The SMILES string of the molecule is Cc1ccc(S(=O)(=O)OCCOc2ccc(I)c(CC(NC(=O)OC(C)(C)C)C(=O)OC(C)(C)C)c2)cc1. The van der Waals surface area contributed by atoms with Crippen LogP contribution in [-0.2, 0) is 35.0 Å². The van der Waals surface area contributed by atoms with Crippen molar-refractivity contribution in [3.63, 3.8) is 0 Å². The molecule has 9 nitrogen and oxygen atoms in total. The molecule has 0 heterocycles. The number of benzene rings is 2. The average molecular weight is 662 g/mol. The highest BCUT2D eigenvalue weighted by Crippen LogP contribution is 2.23. The van der Waals surface area contributed by atoms with Gasteiger partial charge in [-0.15, -0.1) is 0 Å². The van der Waals surface area contributed by atoms with Gasteiger partial charge >= 0.3 is 12.1 Å². The second kappa shape index (κ2) is 13.1. The number of carbonyl (C=O) groups is 2. The maximum atomic E-state index is 12.9. The zero-order chi connectivity index (χ0) is 28.7. The van der Waals surface area contributed by atoms with Gasteiger partial charge in [0.2, 0.25) is 0 Å². The highest BCUT2D eigenvalue weighted by Gasteiger charge is 2.29. The summed E-state index contributed by atoms with van der Waals surface area (Å²) in [5.74, 6) is -0.142. The average Bonchev–Trinajstić information content (AvgIpc) is 2.76. The van der Waals surface area contributed by atoms with E-state index in [1.54, 1.807) is 71.9 Å². The van der Waals surface area contributed by atoms with Crippen LogP contribution in [0.2, 0.25) is 0 Å². The lowest BCUT2D eigenvalue weighted by atomic mass is 10.1. The van der Waals surface area contributed by atoms with Gasteiger partial charge in [-0.05, 0) is 107 Å². The second-order valence-electron chi connectivity index (χ2n) is 10.6. The van der Waals surface area contributed by atoms with E-state index in [4.69, 9.17) is 18.4 Å². The fourth-order valence-corrected chi connectivity index (χ4v) is 4.56. The lowest BCUT2D eigenvalue weighted by Crippen LogP contribution is -2.47. The summed E-state index contributed by atoms with van der Waals surface area (Å²) < 4.78 is 47.1. The third-order valence-electron chi connectivity index (χ3n) is 4.72. The van der Waals surface area contributed by atoms with Crippen LogP contribution < -0.4 is 10.1 Å². The summed E-state index contributed by atoms with van der Waals surface area (Å²) in [6, 6.07) is 10.6. The molecule has 0 saturated carbocycles. The number of hydrogen-bond donors (Lipinski definition) is 1. The Kier molecular flexibility index (Phi) is 11.0. The molecule has 0 spiro atoms.